The van der Waals surface area contributed by atoms with Crippen LogP contribution in [0.15, 0.2) is 0 Å². The molecule has 1 nitrogen and oxygen atoms in total. The lowest BCUT2D eigenvalue weighted by molar-refractivity contribution is 0.351. The Morgan fingerprint density at radius 2 is 1.47 bits per heavy atom. The molecule has 0 aromatic rings. The zero-order chi connectivity index (χ0) is 11.4. The maximum absolute atomic E-state index is 5.61. The summed E-state index contributed by atoms with van der Waals surface area (Å²) in [6.07, 6.45) is 10.3. The van der Waals surface area contributed by atoms with Crippen molar-refractivity contribution in [2.24, 2.45) is 0 Å². The molecule has 0 N–H and O–H groups in total. The van der Waals surface area contributed by atoms with Gasteiger partial charge in [0.25, 0.3) is 0 Å². The van der Waals surface area contributed by atoms with Crippen LogP contribution in [0.1, 0.15) is 65.2 Å². The van der Waals surface area contributed by atoms with Crippen molar-refractivity contribution in [2.75, 3.05) is 12.4 Å². The fourth-order valence-corrected chi connectivity index (χ4v) is 2.81. The molecule has 92 valence electrons. The topological polar surface area (TPSA) is 9.23 Å². The molecule has 0 bridgehead atoms. The summed E-state index contributed by atoms with van der Waals surface area (Å²) in [5, 5.41) is 0. The molecule has 1 atom stereocenters. The number of unbranched alkanes of at least 4 members (excludes halogenated alkanes) is 6. The normalized spacial score (nSPS) is 12.9. The van der Waals surface area contributed by atoms with Crippen LogP contribution in [-0.4, -0.2) is 12.4 Å². The summed E-state index contributed by atoms with van der Waals surface area (Å²) in [7, 11) is -0.196. The summed E-state index contributed by atoms with van der Waals surface area (Å²) in [5.74, 6) is 1.09. The molecule has 0 heterocycles. The van der Waals surface area contributed by atoms with Crippen molar-refractivity contribution in [3.8, 4) is 0 Å². The maximum atomic E-state index is 5.61. The number of rotatable bonds is 11. The molecule has 0 amide bonds. The smallest absolute Gasteiger partial charge is 0.0617 e. The van der Waals surface area contributed by atoms with Crippen molar-refractivity contribution >= 4 is 20.9 Å². The van der Waals surface area contributed by atoms with E-state index >= 15 is 0 Å². The number of hydrogen-bond acceptors (Lipinski definition) is 2. The summed E-state index contributed by atoms with van der Waals surface area (Å²) in [5.41, 5.74) is 0. The van der Waals surface area contributed by atoms with Gasteiger partial charge in [-0.1, -0.05) is 52.4 Å². The molecule has 0 aromatic heterocycles. The summed E-state index contributed by atoms with van der Waals surface area (Å²) in [4.78, 5) is 0. The van der Waals surface area contributed by atoms with Crippen molar-refractivity contribution < 1.29 is 4.18 Å². The number of hydrogen-bond donors (Lipinski definition) is 0. The van der Waals surface area contributed by atoms with E-state index in [9.17, 15) is 0 Å². The van der Waals surface area contributed by atoms with Crippen LogP contribution in [0.5, 0.6) is 0 Å². The largest absolute Gasteiger partial charge is 0.312 e. The summed E-state index contributed by atoms with van der Waals surface area (Å²) in [6, 6.07) is 0. The quantitative estimate of drug-likeness (QED) is 0.509. The molecule has 0 aliphatic carbocycles. The minimum atomic E-state index is -0.196. The standard InChI is InChI=1S/C12H26OS2/c1-3-5-7-9-11-13-15(14)12-10-8-6-4-2/h3-12H2,1-2H3. The molecular formula is C12H26OS2. The van der Waals surface area contributed by atoms with Gasteiger partial charge in [0.15, 0.2) is 0 Å². The third-order valence-electron chi connectivity index (χ3n) is 2.38. The van der Waals surface area contributed by atoms with Gasteiger partial charge < -0.3 is 4.18 Å². The third kappa shape index (κ3) is 12.5. The molecule has 0 fully saturated rings. The SMILES string of the molecule is CCCCCCOS(=S)CCCCCC. The van der Waals surface area contributed by atoms with E-state index in [-0.39, 0.29) is 9.74 Å². The summed E-state index contributed by atoms with van der Waals surface area (Å²) >= 11 is 5.27. The molecule has 0 aromatic carbocycles. The van der Waals surface area contributed by atoms with Gasteiger partial charge in [0.05, 0.1) is 6.61 Å². The molecule has 0 aliphatic heterocycles. The fraction of sp³-hybridized carbons (Fsp3) is 1.00. The van der Waals surface area contributed by atoms with Crippen LogP contribution < -0.4 is 0 Å². The van der Waals surface area contributed by atoms with Crippen LogP contribution in [0.2, 0.25) is 0 Å². The second kappa shape index (κ2) is 12.6. The predicted octanol–water partition coefficient (Wildman–Crippen LogP) is 4.16. The van der Waals surface area contributed by atoms with E-state index in [2.05, 4.69) is 13.8 Å². The minimum Gasteiger partial charge on any atom is -0.312 e. The van der Waals surface area contributed by atoms with Crippen LogP contribution in [-0.2, 0) is 25.1 Å². The van der Waals surface area contributed by atoms with Crippen molar-refractivity contribution in [1.82, 2.24) is 0 Å². The lowest BCUT2D eigenvalue weighted by Gasteiger charge is -2.06. The average molecular weight is 250 g/mol. The lowest BCUT2D eigenvalue weighted by atomic mass is 10.2. The van der Waals surface area contributed by atoms with Gasteiger partial charge in [0.1, 0.15) is 0 Å². The van der Waals surface area contributed by atoms with Crippen LogP contribution in [0.25, 0.3) is 0 Å². The Morgan fingerprint density at radius 1 is 0.867 bits per heavy atom. The molecule has 0 aliphatic rings. The second-order valence-corrected chi connectivity index (χ2v) is 6.32. The summed E-state index contributed by atoms with van der Waals surface area (Å²) < 4.78 is 5.61. The highest BCUT2D eigenvalue weighted by Gasteiger charge is 1.96. The van der Waals surface area contributed by atoms with E-state index in [0.29, 0.717) is 0 Å². The van der Waals surface area contributed by atoms with E-state index in [1.54, 1.807) is 0 Å². The van der Waals surface area contributed by atoms with Gasteiger partial charge >= 0.3 is 0 Å². The Bertz CT molecular complexity index is 149. The first-order chi connectivity index (χ1) is 7.31. The lowest BCUT2D eigenvalue weighted by Crippen LogP contribution is -2.02. The van der Waals surface area contributed by atoms with Gasteiger partial charge in [0.2, 0.25) is 0 Å². The first kappa shape index (κ1) is 15.5. The van der Waals surface area contributed by atoms with Gasteiger partial charge in [-0.05, 0) is 24.0 Å². The summed E-state index contributed by atoms with van der Waals surface area (Å²) in [6.45, 7) is 5.34. The Morgan fingerprint density at radius 3 is 2.07 bits per heavy atom. The van der Waals surface area contributed by atoms with E-state index < -0.39 is 0 Å². The van der Waals surface area contributed by atoms with Gasteiger partial charge in [-0.25, -0.2) is 0 Å². The van der Waals surface area contributed by atoms with Crippen LogP contribution in [0, 0.1) is 0 Å². The Labute approximate surface area is 103 Å². The highest BCUT2D eigenvalue weighted by Crippen LogP contribution is 2.03. The Hall–Kier alpha value is 0.530. The first-order valence-corrected chi connectivity index (χ1v) is 8.57. The molecule has 0 radical (unpaired) electrons. The molecular weight excluding hydrogens is 224 g/mol. The molecule has 0 rings (SSSR count). The van der Waals surface area contributed by atoms with Crippen LogP contribution in [0.3, 0.4) is 0 Å². The van der Waals surface area contributed by atoms with Gasteiger partial charge in [-0.15, -0.1) is 0 Å². The average Bonchev–Trinajstić information content (AvgIpc) is 2.24. The third-order valence-corrected chi connectivity index (χ3v) is 4.22. The van der Waals surface area contributed by atoms with E-state index in [1.165, 1.54) is 51.4 Å². The fourth-order valence-electron chi connectivity index (χ4n) is 1.39. The van der Waals surface area contributed by atoms with Crippen molar-refractivity contribution in [1.29, 1.82) is 0 Å². The van der Waals surface area contributed by atoms with E-state index in [4.69, 9.17) is 15.4 Å². The van der Waals surface area contributed by atoms with Crippen LogP contribution in [0.4, 0.5) is 0 Å². The molecule has 0 spiro atoms. The first-order valence-electron chi connectivity index (χ1n) is 6.32. The molecule has 0 saturated carbocycles. The Kier molecular flexibility index (Phi) is 13.0. The zero-order valence-corrected chi connectivity index (χ0v) is 11.9. The highest BCUT2D eigenvalue weighted by molar-refractivity contribution is 8.26. The van der Waals surface area contributed by atoms with Gasteiger partial charge in [0, 0.05) is 15.5 Å². The Balaban J connectivity index is 3.11. The van der Waals surface area contributed by atoms with Gasteiger partial charge in [-0.2, -0.15) is 0 Å². The van der Waals surface area contributed by atoms with Crippen molar-refractivity contribution in [2.45, 2.75) is 65.2 Å². The molecule has 1 unspecified atom stereocenters. The zero-order valence-electron chi connectivity index (χ0n) is 10.3. The molecule has 0 saturated heterocycles. The van der Waals surface area contributed by atoms with Crippen LogP contribution >= 0.6 is 0 Å². The van der Waals surface area contributed by atoms with Crippen molar-refractivity contribution in [3.05, 3.63) is 0 Å². The van der Waals surface area contributed by atoms with E-state index in [1.807, 2.05) is 0 Å². The maximum Gasteiger partial charge on any atom is 0.0617 e. The molecule has 15 heavy (non-hydrogen) atoms. The molecule has 3 heteroatoms. The van der Waals surface area contributed by atoms with E-state index in [0.717, 1.165) is 12.4 Å². The predicted molar refractivity (Wildman–Crippen MR) is 73.8 cm³/mol. The monoisotopic (exact) mass is 250 g/mol. The second-order valence-electron chi connectivity index (χ2n) is 3.95. The minimum absolute atomic E-state index is 0.196. The highest BCUT2D eigenvalue weighted by atomic mass is 32.8. The van der Waals surface area contributed by atoms with Crippen molar-refractivity contribution in [3.63, 3.8) is 0 Å². The van der Waals surface area contributed by atoms with Gasteiger partial charge in [-0.3, -0.25) is 0 Å².